The Morgan fingerprint density at radius 2 is 1.95 bits per heavy atom. The number of hydrogen-bond donors (Lipinski definition) is 1. The van der Waals surface area contributed by atoms with Gasteiger partial charge in [0, 0.05) is 10.5 Å². The molecule has 0 spiro atoms. The second-order valence-corrected chi connectivity index (χ2v) is 5.83. The van der Waals surface area contributed by atoms with Gasteiger partial charge in [-0.25, -0.2) is 4.79 Å². The molecule has 0 aromatic heterocycles. The maximum atomic E-state index is 10.6. The van der Waals surface area contributed by atoms with E-state index in [2.05, 4.69) is 22.9 Å². The molecule has 4 heteroatoms. The summed E-state index contributed by atoms with van der Waals surface area (Å²) in [5, 5.41) is 8.66. The smallest absolute Gasteiger partial charge is 0.328 e. The Morgan fingerprint density at radius 1 is 1.24 bits per heavy atom. The second kappa shape index (κ2) is 10.4. The molecule has 1 aromatic carbocycles. The Hall–Kier alpha value is -1.29. The van der Waals surface area contributed by atoms with Crippen molar-refractivity contribution in [3.05, 3.63) is 34.3 Å². The number of rotatable bonds is 10. The number of benzene rings is 1. The number of unbranched alkanes of at least 4 members (excludes halogenated alkanes) is 5. The number of hydrogen-bond acceptors (Lipinski definition) is 2. The first-order valence-corrected chi connectivity index (χ1v) is 8.26. The molecule has 3 nitrogen and oxygen atoms in total. The quantitative estimate of drug-likeness (QED) is 0.458. The normalized spacial score (nSPS) is 11.0. The van der Waals surface area contributed by atoms with E-state index in [9.17, 15) is 4.79 Å². The van der Waals surface area contributed by atoms with E-state index >= 15 is 0 Å². The SMILES string of the molecule is CCCCCCCCOc1ccc(Br)c(/C=C/C(=O)O)c1. The van der Waals surface area contributed by atoms with Crippen LogP contribution < -0.4 is 4.74 Å². The standard InChI is InChI=1S/C17H23BrO3/c1-2-3-4-5-6-7-12-21-15-9-10-16(18)14(13-15)8-11-17(19)20/h8-11,13H,2-7,12H2,1H3,(H,19,20)/b11-8+. The molecule has 0 bridgehead atoms. The van der Waals surface area contributed by atoms with E-state index in [1.54, 1.807) is 6.08 Å². The summed E-state index contributed by atoms with van der Waals surface area (Å²) < 4.78 is 6.57. The third-order valence-corrected chi connectivity index (χ3v) is 3.86. The summed E-state index contributed by atoms with van der Waals surface area (Å²) in [4.78, 5) is 10.6. The fourth-order valence-electron chi connectivity index (χ4n) is 1.97. The van der Waals surface area contributed by atoms with Crippen LogP contribution in [0.5, 0.6) is 5.75 Å². The molecule has 0 fully saturated rings. The van der Waals surface area contributed by atoms with Crippen LogP contribution in [0.2, 0.25) is 0 Å². The summed E-state index contributed by atoms with van der Waals surface area (Å²) in [6, 6.07) is 5.61. The summed E-state index contributed by atoms with van der Waals surface area (Å²) in [6.45, 7) is 2.92. The monoisotopic (exact) mass is 354 g/mol. The first kappa shape index (κ1) is 17.8. The molecule has 116 valence electrons. The molecule has 1 N–H and O–H groups in total. The number of carboxylic acids is 1. The highest BCUT2D eigenvalue weighted by Crippen LogP contribution is 2.24. The van der Waals surface area contributed by atoms with E-state index in [1.165, 1.54) is 32.1 Å². The second-order valence-electron chi connectivity index (χ2n) is 4.97. The van der Waals surface area contributed by atoms with Crippen molar-refractivity contribution in [2.75, 3.05) is 6.61 Å². The molecule has 0 amide bonds. The van der Waals surface area contributed by atoms with E-state index in [4.69, 9.17) is 9.84 Å². The van der Waals surface area contributed by atoms with Crippen LogP contribution in [0.3, 0.4) is 0 Å². The van der Waals surface area contributed by atoms with E-state index in [0.717, 1.165) is 28.3 Å². The summed E-state index contributed by atoms with van der Waals surface area (Å²) in [6.07, 6.45) is 10.1. The van der Waals surface area contributed by atoms with Gasteiger partial charge in [-0.1, -0.05) is 55.0 Å². The van der Waals surface area contributed by atoms with Gasteiger partial charge in [0.05, 0.1) is 6.61 Å². The Bertz CT molecular complexity index is 469. The number of carboxylic acid groups (broad SMARTS) is 1. The fraction of sp³-hybridized carbons (Fsp3) is 0.471. The summed E-state index contributed by atoms with van der Waals surface area (Å²) in [7, 11) is 0. The van der Waals surface area contributed by atoms with Crippen molar-refractivity contribution in [1.82, 2.24) is 0 Å². The van der Waals surface area contributed by atoms with Crippen molar-refractivity contribution in [3.63, 3.8) is 0 Å². The molecular formula is C17H23BrO3. The Morgan fingerprint density at radius 3 is 2.67 bits per heavy atom. The zero-order chi connectivity index (χ0) is 15.5. The van der Waals surface area contributed by atoms with Crippen LogP contribution in [0.25, 0.3) is 6.08 Å². The summed E-state index contributed by atoms with van der Waals surface area (Å²) in [5.41, 5.74) is 0.804. The Labute approximate surface area is 135 Å². The minimum Gasteiger partial charge on any atom is -0.494 e. The molecular weight excluding hydrogens is 332 g/mol. The average molecular weight is 355 g/mol. The maximum Gasteiger partial charge on any atom is 0.328 e. The predicted octanol–water partition coefficient (Wildman–Crippen LogP) is 5.29. The van der Waals surface area contributed by atoms with Crippen molar-refractivity contribution in [1.29, 1.82) is 0 Å². The molecule has 0 aliphatic rings. The van der Waals surface area contributed by atoms with Crippen molar-refractivity contribution >= 4 is 28.0 Å². The molecule has 0 aliphatic carbocycles. The van der Waals surface area contributed by atoms with Gasteiger partial charge >= 0.3 is 5.97 Å². The maximum absolute atomic E-state index is 10.6. The van der Waals surface area contributed by atoms with Gasteiger partial charge in [0.2, 0.25) is 0 Å². The third kappa shape index (κ3) is 7.90. The zero-order valence-electron chi connectivity index (χ0n) is 12.5. The number of aliphatic carboxylic acids is 1. The first-order valence-electron chi connectivity index (χ1n) is 7.47. The molecule has 0 radical (unpaired) electrons. The van der Waals surface area contributed by atoms with Crippen LogP contribution in [0.1, 0.15) is 51.0 Å². The Balaban J connectivity index is 2.38. The Kier molecular flexibility index (Phi) is 8.83. The van der Waals surface area contributed by atoms with Gasteiger partial charge in [-0.2, -0.15) is 0 Å². The van der Waals surface area contributed by atoms with Crippen LogP contribution >= 0.6 is 15.9 Å². The topological polar surface area (TPSA) is 46.5 Å². The lowest BCUT2D eigenvalue weighted by Gasteiger charge is -2.08. The van der Waals surface area contributed by atoms with Crippen LogP contribution in [0.15, 0.2) is 28.7 Å². The molecule has 0 atom stereocenters. The number of carbonyl (C=O) groups is 1. The van der Waals surface area contributed by atoms with E-state index < -0.39 is 5.97 Å². The van der Waals surface area contributed by atoms with Crippen LogP contribution in [0.4, 0.5) is 0 Å². The van der Waals surface area contributed by atoms with Crippen LogP contribution in [-0.2, 0) is 4.79 Å². The molecule has 1 rings (SSSR count). The van der Waals surface area contributed by atoms with Gasteiger partial charge in [-0.3, -0.25) is 0 Å². The molecule has 0 heterocycles. The molecule has 0 aliphatic heterocycles. The third-order valence-electron chi connectivity index (χ3n) is 3.14. The zero-order valence-corrected chi connectivity index (χ0v) is 14.1. The largest absolute Gasteiger partial charge is 0.494 e. The summed E-state index contributed by atoms with van der Waals surface area (Å²) in [5.74, 6) is -0.183. The van der Waals surface area contributed by atoms with Crippen molar-refractivity contribution < 1.29 is 14.6 Å². The molecule has 0 saturated carbocycles. The minimum atomic E-state index is -0.958. The lowest BCUT2D eigenvalue weighted by Crippen LogP contribution is -1.97. The predicted molar refractivity (Wildman–Crippen MR) is 89.7 cm³/mol. The molecule has 0 saturated heterocycles. The van der Waals surface area contributed by atoms with E-state index in [1.807, 2.05) is 18.2 Å². The van der Waals surface area contributed by atoms with E-state index in [-0.39, 0.29) is 0 Å². The average Bonchev–Trinajstić information content (AvgIpc) is 2.46. The van der Waals surface area contributed by atoms with Gasteiger partial charge in [0.25, 0.3) is 0 Å². The number of ether oxygens (including phenoxy) is 1. The van der Waals surface area contributed by atoms with Gasteiger partial charge in [0.15, 0.2) is 0 Å². The van der Waals surface area contributed by atoms with Crippen LogP contribution in [-0.4, -0.2) is 17.7 Å². The highest BCUT2D eigenvalue weighted by Gasteiger charge is 2.01. The summed E-state index contributed by atoms with van der Waals surface area (Å²) >= 11 is 3.40. The highest BCUT2D eigenvalue weighted by atomic mass is 79.9. The van der Waals surface area contributed by atoms with Crippen molar-refractivity contribution in [2.45, 2.75) is 45.4 Å². The lowest BCUT2D eigenvalue weighted by molar-refractivity contribution is -0.131. The van der Waals surface area contributed by atoms with Gasteiger partial charge in [-0.05, 0) is 36.3 Å². The highest BCUT2D eigenvalue weighted by molar-refractivity contribution is 9.10. The molecule has 21 heavy (non-hydrogen) atoms. The van der Waals surface area contributed by atoms with Crippen LogP contribution in [0, 0.1) is 0 Å². The minimum absolute atomic E-state index is 0.704. The molecule has 1 aromatic rings. The van der Waals surface area contributed by atoms with Gasteiger partial charge in [0.1, 0.15) is 5.75 Å². The molecule has 0 unspecified atom stereocenters. The fourth-order valence-corrected chi connectivity index (χ4v) is 2.35. The van der Waals surface area contributed by atoms with Crippen molar-refractivity contribution in [3.8, 4) is 5.75 Å². The number of halogens is 1. The lowest BCUT2D eigenvalue weighted by atomic mass is 10.1. The van der Waals surface area contributed by atoms with Crippen molar-refractivity contribution in [2.24, 2.45) is 0 Å². The van der Waals surface area contributed by atoms with E-state index in [0.29, 0.717) is 6.61 Å². The first-order chi connectivity index (χ1) is 10.1. The van der Waals surface area contributed by atoms with Gasteiger partial charge < -0.3 is 9.84 Å². The van der Waals surface area contributed by atoms with Gasteiger partial charge in [-0.15, -0.1) is 0 Å².